The second-order valence-corrected chi connectivity index (χ2v) is 4.60. The van der Waals surface area contributed by atoms with Crippen LogP contribution in [-0.2, 0) is 9.53 Å². The van der Waals surface area contributed by atoms with Gasteiger partial charge in [-0.25, -0.2) is 4.79 Å². The third kappa shape index (κ3) is 2.58. The van der Waals surface area contributed by atoms with Crippen LogP contribution in [-0.4, -0.2) is 36.1 Å². The minimum Gasteiger partial charge on any atom is -0.466 e. The summed E-state index contributed by atoms with van der Waals surface area (Å²) in [5, 5.41) is 0. The fraction of sp³-hybridized carbons (Fsp3) is 0.727. The Morgan fingerprint density at radius 1 is 1.50 bits per heavy atom. The van der Waals surface area contributed by atoms with Crippen molar-refractivity contribution in [1.82, 2.24) is 4.90 Å². The summed E-state index contributed by atoms with van der Waals surface area (Å²) in [5.74, 6) is -0.272. The van der Waals surface area contributed by atoms with E-state index >= 15 is 0 Å². The van der Waals surface area contributed by atoms with Gasteiger partial charge in [-0.2, -0.15) is 0 Å². The Hall–Kier alpha value is -0.830. The van der Waals surface area contributed by atoms with Crippen molar-refractivity contribution in [2.45, 2.75) is 38.8 Å². The fourth-order valence-electron chi connectivity index (χ4n) is 1.70. The van der Waals surface area contributed by atoms with Crippen LogP contribution in [0, 0.1) is 0 Å². The molecule has 3 heteroatoms. The van der Waals surface area contributed by atoms with Crippen molar-refractivity contribution in [3.63, 3.8) is 0 Å². The van der Waals surface area contributed by atoms with E-state index in [0.29, 0.717) is 6.04 Å². The number of carbonyl (C=O) groups is 1. The number of methoxy groups -OCH3 is 1. The third-order valence-electron chi connectivity index (χ3n) is 2.58. The molecule has 0 radical (unpaired) electrons. The van der Waals surface area contributed by atoms with Crippen LogP contribution in [0.4, 0.5) is 0 Å². The summed E-state index contributed by atoms with van der Waals surface area (Å²) in [6.07, 6.45) is 4.58. The summed E-state index contributed by atoms with van der Waals surface area (Å²) in [5.41, 5.74) is 0.184. The summed E-state index contributed by atoms with van der Waals surface area (Å²) in [7, 11) is 1.40. The van der Waals surface area contributed by atoms with E-state index in [1.807, 2.05) is 6.08 Å². The number of ether oxygens (including phenoxy) is 1. The molecular formula is C11H19NO2. The molecule has 0 aliphatic carbocycles. The lowest BCUT2D eigenvalue weighted by molar-refractivity contribution is -0.134. The van der Waals surface area contributed by atoms with Gasteiger partial charge in [-0.1, -0.05) is 6.08 Å². The van der Waals surface area contributed by atoms with Gasteiger partial charge in [-0.15, -0.1) is 0 Å². The zero-order valence-electron chi connectivity index (χ0n) is 9.41. The van der Waals surface area contributed by atoms with E-state index in [4.69, 9.17) is 0 Å². The molecule has 0 aromatic carbocycles. The highest BCUT2D eigenvalue weighted by molar-refractivity contribution is 5.81. The van der Waals surface area contributed by atoms with Gasteiger partial charge >= 0.3 is 5.97 Å². The zero-order valence-corrected chi connectivity index (χ0v) is 9.41. The van der Waals surface area contributed by atoms with E-state index in [2.05, 4.69) is 30.4 Å². The molecule has 80 valence electrons. The highest BCUT2D eigenvalue weighted by Crippen LogP contribution is 2.27. The van der Waals surface area contributed by atoms with Gasteiger partial charge in [0.05, 0.1) is 7.11 Å². The second-order valence-electron chi connectivity index (χ2n) is 4.60. The molecule has 3 nitrogen and oxygen atoms in total. The first-order valence-corrected chi connectivity index (χ1v) is 4.98. The Bertz CT molecular complexity index is 240. The topological polar surface area (TPSA) is 29.5 Å². The van der Waals surface area contributed by atoms with Crippen LogP contribution in [0.25, 0.3) is 0 Å². The molecule has 0 aromatic rings. The molecule has 0 amide bonds. The van der Waals surface area contributed by atoms with Gasteiger partial charge in [-0.05, 0) is 27.2 Å². The molecule has 1 rings (SSSR count). The Labute approximate surface area is 85.7 Å². The summed E-state index contributed by atoms with van der Waals surface area (Å²) >= 11 is 0. The van der Waals surface area contributed by atoms with Gasteiger partial charge in [0.25, 0.3) is 0 Å². The summed E-state index contributed by atoms with van der Waals surface area (Å²) in [4.78, 5) is 13.3. The Kier molecular flexibility index (Phi) is 3.32. The third-order valence-corrected chi connectivity index (χ3v) is 2.58. The minimum absolute atomic E-state index is 0.184. The van der Waals surface area contributed by atoms with Crippen LogP contribution in [0.3, 0.4) is 0 Å². The lowest BCUT2D eigenvalue weighted by Gasteiger charge is -2.48. The van der Waals surface area contributed by atoms with Crippen LogP contribution >= 0.6 is 0 Å². The second kappa shape index (κ2) is 4.13. The molecule has 1 fully saturated rings. The minimum atomic E-state index is -0.272. The molecule has 0 saturated carbocycles. The van der Waals surface area contributed by atoms with Crippen molar-refractivity contribution in [3.05, 3.63) is 12.2 Å². The van der Waals surface area contributed by atoms with E-state index < -0.39 is 0 Å². The molecule has 0 bridgehead atoms. The quantitative estimate of drug-likeness (QED) is 0.497. The molecule has 1 heterocycles. The number of esters is 1. The first-order valence-electron chi connectivity index (χ1n) is 4.98. The van der Waals surface area contributed by atoms with E-state index in [1.54, 1.807) is 0 Å². The summed E-state index contributed by atoms with van der Waals surface area (Å²) in [6, 6.07) is 0.397. The Morgan fingerprint density at radius 2 is 2.14 bits per heavy atom. The molecule has 0 aromatic heterocycles. The Balaban J connectivity index is 2.48. The lowest BCUT2D eigenvalue weighted by atomic mass is 9.93. The number of nitrogens with zero attached hydrogens (tertiary/aromatic N) is 1. The normalized spacial score (nSPS) is 23.6. The SMILES string of the molecule is COC(=O)/C=C/C1CCN1C(C)(C)C. The van der Waals surface area contributed by atoms with Crippen molar-refractivity contribution in [3.8, 4) is 0 Å². The molecule has 0 N–H and O–H groups in total. The maximum atomic E-state index is 10.9. The summed E-state index contributed by atoms with van der Waals surface area (Å²) in [6.45, 7) is 7.67. The van der Waals surface area contributed by atoms with Crippen LogP contribution in [0.1, 0.15) is 27.2 Å². The maximum Gasteiger partial charge on any atom is 0.330 e. The van der Waals surface area contributed by atoms with Gasteiger partial charge in [0.15, 0.2) is 0 Å². The smallest absolute Gasteiger partial charge is 0.330 e. The van der Waals surface area contributed by atoms with Crippen LogP contribution in [0.2, 0.25) is 0 Å². The fourth-order valence-corrected chi connectivity index (χ4v) is 1.70. The number of rotatable bonds is 2. The van der Waals surface area contributed by atoms with E-state index in [9.17, 15) is 4.79 Å². The van der Waals surface area contributed by atoms with Gasteiger partial charge in [-0.3, -0.25) is 4.90 Å². The van der Waals surface area contributed by atoms with Gasteiger partial charge in [0.2, 0.25) is 0 Å². The van der Waals surface area contributed by atoms with Crippen molar-refractivity contribution in [2.75, 3.05) is 13.7 Å². The van der Waals surface area contributed by atoms with Crippen molar-refractivity contribution in [2.24, 2.45) is 0 Å². The van der Waals surface area contributed by atoms with Gasteiger partial charge in [0.1, 0.15) is 0 Å². The number of hydrogen-bond acceptors (Lipinski definition) is 3. The molecule has 1 aliphatic heterocycles. The highest BCUT2D eigenvalue weighted by atomic mass is 16.5. The zero-order chi connectivity index (χ0) is 10.8. The van der Waals surface area contributed by atoms with E-state index in [0.717, 1.165) is 13.0 Å². The average molecular weight is 197 g/mol. The van der Waals surface area contributed by atoms with Crippen LogP contribution in [0.15, 0.2) is 12.2 Å². The number of carbonyl (C=O) groups excluding carboxylic acids is 1. The number of likely N-dealkylation sites (tertiary alicyclic amines) is 1. The predicted octanol–water partition coefficient (Wildman–Crippen LogP) is 1.59. The van der Waals surface area contributed by atoms with Crippen LogP contribution in [0.5, 0.6) is 0 Å². The monoisotopic (exact) mass is 197 g/mol. The molecule has 1 saturated heterocycles. The molecular weight excluding hydrogens is 178 g/mol. The van der Waals surface area contributed by atoms with Gasteiger partial charge in [0, 0.05) is 24.2 Å². The van der Waals surface area contributed by atoms with Gasteiger partial charge < -0.3 is 4.74 Å². The van der Waals surface area contributed by atoms with Crippen molar-refractivity contribution < 1.29 is 9.53 Å². The Morgan fingerprint density at radius 3 is 2.50 bits per heavy atom. The largest absolute Gasteiger partial charge is 0.466 e. The molecule has 1 aliphatic rings. The molecule has 14 heavy (non-hydrogen) atoms. The molecule has 1 atom stereocenters. The van der Waals surface area contributed by atoms with E-state index in [-0.39, 0.29) is 11.5 Å². The number of hydrogen-bond donors (Lipinski definition) is 0. The predicted molar refractivity (Wildman–Crippen MR) is 56.0 cm³/mol. The molecule has 1 unspecified atom stereocenters. The maximum absolute atomic E-state index is 10.9. The average Bonchev–Trinajstić information content (AvgIpc) is 1.99. The lowest BCUT2D eigenvalue weighted by Crippen LogP contribution is -2.56. The van der Waals surface area contributed by atoms with Crippen molar-refractivity contribution in [1.29, 1.82) is 0 Å². The summed E-state index contributed by atoms with van der Waals surface area (Å²) < 4.78 is 4.55. The van der Waals surface area contributed by atoms with Crippen molar-refractivity contribution >= 4 is 5.97 Å². The standard InChI is InChI=1S/C11H19NO2/c1-11(2,3)12-8-7-9(12)5-6-10(13)14-4/h5-6,9H,7-8H2,1-4H3/b6-5+. The first-order chi connectivity index (χ1) is 6.45. The van der Waals surface area contributed by atoms with E-state index in [1.165, 1.54) is 13.2 Å². The highest BCUT2D eigenvalue weighted by Gasteiger charge is 2.34. The first kappa shape index (κ1) is 11.2. The molecule has 0 spiro atoms. The van der Waals surface area contributed by atoms with Crippen LogP contribution < -0.4 is 0 Å².